The molecule has 0 spiro atoms. The number of hydrogen-bond acceptors (Lipinski definition) is 2. The Morgan fingerprint density at radius 3 is 2.50 bits per heavy atom. The molecular weight excluding hydrogens is 367 g/mol. The lowest BCUT2D eigenvalue weighted by Gasteiger charge is -2.33. The van der Waals surface area contributed by atoms with E-state index in [1.54, 1.807) is 6.07 Å². The molecule has 0 bridgehead atoms. The smallest absolute Gasteiger partial charge is 0.308 e. The van der Waals surface area contributed by atoms with Crippen molar-refractivity contribution in [3.63, 3.8) is 0 Å². The summed E-state index contributed by atoms with van der Waals surface area (Å²) >= 11 is 0. The molecule has 1 aliphatic rings. The Labute approximate surface area is 160 Å². The average molecular weight is 385 g/mol. The third-order valence-corrected chi connectivity index (χ3v) is 4.64. The van der Waals surface area contributed by atoms with E-state index in [1.165, 1.54) is 12.1 Å². The summed E-state index contributed by atoms with van der Waals surface area (Å²) in [6, 6.07) is 13.3. The predicted molar refractivity (Wildman–Crippen MR) is 100 cm³/mol. The van der Waals surface area contributed by atoms with Crippen molar-refractivity contribution < 1.29 is 18.0 Å². The molecule has 0 heterocycles. The van der Waals surface area contributed by atoms with E-state index in [4.69, 9.17) is 0 Å². The Morgan fingerprint density at radius 2 is 1.82 bits per heavy atom. The average Bonchev–Trinajstić information content (AvgIpc) is 2.60. The van der Waals surface area contributed by atoms with Gasteiger partial charge in [-0.15, -0.1) is 0 Å². The van der Waals surface area contributed by atoms with Crippen molar-refractivity contribution in [1.82, 2.24) is 5.32 Å². The first-order valence-electron chi connectivity index (χ1n) is 8.60. The van der Waals surface area contributed by atoms with Gasteiger partial charge in [0, 0.05) is 16.7 Å². The number of amides is 2. The van der Waals surface area contributed by atoms with Gasteiger partial charge in [0.15, 0.2) is 0 Å². The summed E-state index contributed by atoms with van der Waals surface area (Å²) < 4.78 is 38.6. The molecule has 4 nitrogen and oxygen atoms in total. The van der Waals surface area contributed by atoms with Crippen LogP contribution < -0.4 is 10.6 Å². The zero-order valence-corrected chi connectivity index (χ0v) is 15.3. The van der Waals surface area contributed by atoms with Gasteiger partial charge in [-0.2, -0.15) is 18.4 Å². The van der Waals surface area contributed by atoms with Gasteiger partial charge in [-0.1, -0.05) is 44.2 Å². The van der Waals surface area contributed by atoms with Crippen LogP contribution in [0.2, 0.25) is 0 Å². The number of nitriles is 1. The van der Waals surface area contributed by atoms with Gasteiger partial charge in [0.1, 0.15) is 0 Å². The van der Waals surface area contributed by atoms with Crippen molar-refractivity contribution in [2.45, 2.75) is 26.4 Å². The van der Waals surface area contributed by atoms with Crippen molar-refractivity contribution in [2.75, 3.05) is 5.32 Å². The topological polar surface area (TPSA) is 64.9 Å². The van der Waals surface area contributed by atoms with Crippen molar-refractivity contribution in [2.24, 2.45) is 5.41 Å². The van der Waals surface area contributed by atoms with Gasteiger partial charge < -0.3 is 10.6 Å². The summed E-state index contributed by atoms with van der Waals surface area (Å²) in [6.45, 7) is 3.82. The van der Waals surface area contributed by atoms with E-state index >= 15 is 0 Å². The second-order valence-corrected chi connectivity index (χ2v) is 7.24. The quantitative estimate of drug-likeness (QED) is 0.732. The van der Waals surface area contributed by atoms with Crippen LogP contribution in [0.3, 0.4) is 0 Å². The molecule has 0 aliphatic heterocycles. The molecule has 2 aromatic carbocycles. The third kappa shape index (κ3) is 3.86. The van der Waals surface area contributed by atoms with Gasteiger partial charge in [0.25, 0.3) is 0 Å². The molecule has 1 aliphatic carbocycles. The van der Waals surface area contributed by atoms with E-state index in [0.29, 0.717) is 17.7 Å². The minimum atomic E-state index is -4.50. The van der Waals surface area contributed by atoms with E-state index in [2.05, 4.69) is 16.7 Å². The molecule has 0 unspecified atom stereocenters. The molecular formula is C21H18F3N3O. The third-order valence-electron chi connectivity index (χ3n) is 4.64. The fourth-order valence-corrected chi connectivity index (χ4v) is 3.34. The Balaban J connectivity index is 1.90. The summed E-state index contributed by atoms with van der Waals surface area (Å²) in [5.74, 6) is 0. The number of nitrogens with zero attached hydrogens (tertiary/aromatic N) is 1. The van der Waals surface area contributed by atoms with Gasteiger partial charge in [0.05, 0.1) is 22.9 Å². The largest absolute Gasteiger partial charge is 0.416 e. The highest BCUT2D eigenvalue weighted by Gasteiger charge is 2.34. The van der Waals surface area contributed by atoms with E-state index in [0.717, 1.165) is 23.3 Å². The highest BCUT2D eigenvalue weighted by molar-refractivity contribution is 5.97. The number of nitrogens with one attached hydrogen (secondary N) is 2. The Hall–Kier alpha value is -3.27. The number of urea groups is 1. The number of carbonyl (C=O) groups excluding carboxylic acids is 1. The monoisotopic (exact) mass is 385 g/mol. The van der Waals surface area contributed by atoms with E-state index in [-0.39, 0.29) is 5.69 Å². The zero-order chi connectivity index (χ0) is 20.5. The lowest BCUT2D eigenvalue weighted by Crippen LogP contribution is -2.34. The van der Waals surface area contributed by atoms with Crippen LogP contribution in [0.1, 0.15) is 30.5 Å². The number of hydrogen-bond donors (Lipinski definition) is 2. The normalized spacial score (nSPS) is 15.4. The van der Waals surface area contributed by atoms with Gasteiger partial charge >= 0.3 is 12.2 Å². The van der Waals surface area contributed by atoms with E-state index in [1.807, 2.05) is 32.0 Å². The number of alkyl halides is 3. The first-order chi connectivity index (χ1) is 13.1. The number of anilines is 1. The van der Waals surface area contributed by atoms with Crippen LogP contribution in [0.25, 0.3) is 5.70 Å². The lowest BCUT2D eigenvalue weighted by atomic mass is 9.72. The number of rotatable bonds is 2. The zero-order valence-electron chi connectivity index (χ0n) is 15.3. The molecule has 28 heavy (non-hydrogen) atoms. The van der Waals surface area contributed by atoms with Crippen LogP contribution in [0.15, 0.2) is 54.1 Å². The molecule has 2 N–H and O–H groups in total. The number of allylic oxidation sites excluding steroid dienone is 1. The minimum absolute atomic E-state index is 0.00906. The predicted octanol–water partition coefficient (Wildman–Crippen LogP) is 5.34. The number of benzene rings is 2. The lowest BCUT2D eigenvalue weighted by molar-refractivity contribution is -0.137. The van der Waals surface area contributed by atoms with E-state index in [9.17, 15) is 23.2 Å². The molecule has 0 saturated carbocycles. The molecule has 0 fully saturated rings. The molecule has 0 atom stereocenters. The van der Waals surface area contributed by atoms with Gasteiger partial charge in [-0.25, -0.2) is 4.79 Å². The van der Waals surface area contributed by atoms with Crippen LogP contribution in [0.4, 0.5) is 23.7 Å². The van der Waals surface area contributed by atoms with Crippen LogP contribution in [-0.2, 0) is 12.6 Å². The molecule has 144 valence electrons. The maximum absolute atomic E-state index is 12.9. The molecule has 2 amide bonds. The van der Waals surface area contributed by atoms with E-state index < -0.39 is 23.2 Å². The maximum atomic E-state index is 12.9. The van der Waals surface area contributed by atoms with Crippen LogP contribution >= 0.6 is 0 Å². The van der Waals surface area contributed by atoms with Gasteiger partial charge in [0.2, 0.25) is 0 Å². The molecule has 3 rings (SSSR count). The Bertz CT molecular complexity index is 1000. The number of fused-ring (bicyclic) bond motifs is 1. The summed E-state index contributed by atoms with van der Waals surface area (Å²) in [6.07, 6.45) is -3.86. The van der Waals surface area contributed by atoms with Crippen LogP contribution in [-0.4, -0.2) is 6.03 Å². The van der Waals surface area contributed by atoms with Crippen molar-refractivity contribution >= 4 is 17.4 Å². The Morgan fingerprint density at radius 1 is 1.11 bits per heavy atom. The van der Waals surface area contributed by atoms with Gasteiger partial charge in [-0.3, -0.25) is 0 Å². The van der Waals surface area contributed by atoms with Crippen molar-refractivity contribution in [3.05, 3.63) is 70.8 Å². The van der Waals surface area contributed by atoms with Crippen LogP contribution in [0.5, 0.6) is 0 Å². The summed E-state index contributed by atoms with van der Waals surface area (Å²) in [4.78, 5) is 12.5. The highest BCUT2D eigenvalue weighted by Crippen LogP contribution is 2.41. The maximum Gasteiger partial charge on any atom is 0.416 e. The van der Waals surface area contributed by atoms with Crippen molar-refractivity contribution in [3.8, 4) is 6.07 Å². The first-order valence-corrected chi connectivity index (χ1v) is 8.60. The number of halogens is 3. The Kier molecular flexibility index (Phi) is 4.90. The summed E-state index contributed by atoms with van der Waals surface area (Å²) in [5.41, 5.74) is 1.19. The second-order valence-electron chi connectivity index (χ2n) is 7.24. The minimum Gasteiger partial charge on any atom is -0.308 e. The summed E-state index contributed by atoms with van der Waals surface area (Å²) in [5, 5.41) is 14.7. The van der Waals surface area contributed by atoms with Crippen molar-refractivity contribution in [1.29, 1.82) is 5.26 Å². The molecule has 2 aromatic rings. The fourth-order valence-electron chi connectivity index (χ4n) is 3.34. The molecule has 0 aromatic heterocycles. The second kappa shape index (κ2) is 7.04. The number of carbonyl (C=O) groups is 1. The fraction of sp³-hybridized carbons (Fsp3) is 0.238. The molecule has 0 radical (unpaired) electrons. The summed E-state index contributed by atoms with van der Waals surface area (Å²) in [7, 11) is 0. The first kappa shape index (κ1) is 19.5. The molecule has 7 heteroatoms. The standard InChI is InChI=1S/C21H18F3N3O/c1-20(2)11-13-6-3-4-9-16(13)18(17(20)12-25)27-19(28)26-15-8-5-7-14(10-15)21(22,23)24/h3-10H,11H2,1-2H3,(H2,26,27,28). The molecule has 0 saturated heterocycles. The van der Waals surface area contributed by atoms with Gasteiger partial charge in [-0.05, 0) is 30.2 Å². The van der Waals surface area contributed by atoms with Crippen LogP contribution in [0, 0.1) is 16.7 Å². The highest BCUT2D eigenvalue weighted by atomic mass is 19.4. The SMILES string of the molecule is CC1(C)Cc2ccccc2C(NC(=O)Nc2cccc(C(F)(F)F)c2)=C1C#N.